The van der Waals surface area contributed by atoms with E-state index < -0.39 is 5.60 Å². The molecule has 8 heteroatoms. The number of nitrogens with one attached hydrogen (secondary N) is 1. The van der Waals surface area contributed by atoms with Crippen LogP contribution in [0, 0.1) is 0 Å². The number of hydrogen-bond donors (Lipinski definition) is 1. The molecule has 0 aliphatic carbocycles. The highest BCUT2D eigenvalue weighted by molar-refractivity contribution is 14.0. The molecule has 0 aromatic carbocycles. The summed E-state index contributed by atoms with van der Waals surface area (Å²) in [5, 5.41) is 3.08. The summed E-state index contributed by atoms with van der Waals surface area (Å²) in [6.07, 6.45) is 1.81. The van der Waals surface area contributed by atoms with Gasteiger partial charge in [-0.25, -0.2) is 4.98 Å². The van der Waals surface area contributed by atoms with Crippen molar-refractivity contribution in [1.29, 1.82) is 0 Å². The molecule has 0 radical (unpaired) electrons. The summed E-state index contributed by atoms with van der Waals surface area (Å²) in [7, 11) is 1.72. The Labute approximate surface area is 166 Å². The van der Waals surface area contributed by atoms with E-state index in [1.807, 2.05) is 45.2 Å². The summed E-state index contributed by atoms with van der Waals surface area (Å²) in [5.74, 6) is 1.44. The highest BCUT2D eigenvalue weighted by Crippen LogP contribution is 2.12. The first-order chi connectivity index (χ1) is 11.4. The molecule has 2 heterocycles. The van der Waals surface area contributed by atoms with Gasteiger partial charge in [-0.3, -0.25) is 9.79 Å². The average molecular weight is 461 g/mol. The Morgan fingerprint density at radius 1 is 1.28 bits per heavy atom. The number of carbonyl (C=O) groups is 1. The molecule has 1 aliphatic heterocycles. The zero-order chi connectivity index (χ0) is 17.6. The maximum absolute atomic E-state index is 11.8. The molecule has 0 spiro atoms. The minimum Gasteiger partial charge on any atom is -0.459 e. The molecule has 0 atom stereocenters. The molecular formula is C17H28IN5O2. The van der Waals surface area contributed by atoms with Crippen LogP contribution in [-0.4, -0.2) is 67.2 Å². The van der Waals surface area contributed by atoms with E-state index in [-0.39, 0.29) is 36.5 Å². The zero-order valence-electron chi connectivity index (χ0n) is 15.4. The van der Waals surface area contributed by atoms with Gasteiger partial charge < -0.3 is 19.9 Å². The number of ether oxygens (including phenoxy) is 1. The van der Waals surface area contributed by atoms with Gasteiger partial charge in [0.1, 0.15) is 18.0 Å². The normalized spacial score (nSPS) is 15.4. The number of guanidine groups is 1. The Kier molecular flexibility index (Phi) is 8.40. The van der Waals surface area contributed by atoms with Crippen molar-refractivity contribution < 1.29 is 9.53 Å². The molecule has 7 nitrogen and oxygen atoms in total. The lowest BCUT2D eigenvalue weighted by Crippen LogP contribution is -2.53. The molecule has 1 aliphatic rings. The molecule has 1 aromatic rings. The molecule has 2 rings (SSSR count). The minimum absolute atomic E-state index is 0. The summed E-state index contributed by atoms with van der Waals surface area (Å²) in [6, 6.07) is 5.93. The van der Waals surface area contributed by atoms with Gasteiger partial charge in [0.2, 0.25) is 0 Å². The van der Waals surface area contributed by atoms with Crippen molar-refractivity contribution in [3.8, 4) is 0 Å². The Bertz CT molecular complexity index is 566. The highest BCUT2D eigenvalue weighted by atomic mass is 127. The van der Waals surface area contributed by atoms with Gasteiger partial charge in [0.25, 0.3) is 0 Å². The predicted molar refractivity (Wildman–Crippen MR) is 111 cm³/mol. The first-order valence-corrected chi connectivity index (χ1v) is 8.22. The molecule has 1 fully saturated rings. The smallest absolute Gasteiger partial charge is 0.325 e. The van der Waals surface area contributed by atoms with E-state index in [0.29, 0.717) is 0 Å². The summed E-state index contributed by atoms with van der Waals surface area (Å²) in [4.78, 5) is 24.9. The lowest BCUT2D eigenvalue weighted by Gasteiger charge is -2.37. The first kappa shape index (κ1) is 21.5. The average Bonchev–Trinajstić information content (AvgIpc) is 2.55. The van der Waals surface area contributed by atoms with E-state index in [1.165, 1.54) is 0 Å². The van der Waals surface area contributed by atoms with E-state index in [2.05, 4.69) is 25.1 Å². The van der Waals surface area contributed by atoms with Crippen molar-refractivity contribution in [2.75, 3.05) is 44.7 Å². The fraction of sp³-hybridized carbons (Fsp3) is 0.588. The van der Waals surface area contributed by atoms with Crippen LogP contribution in [0.2, 0.25) is 0 Å². The number of esters is 1. The first-order valence-electron chi connectivity index (χ1n) is 8.22. The van der Waals surface area contributed by atoms with Gasteiger partial charge in [-0.1, -0.05) is 6.07 Å². The SMILES string of the molecule is CN=C(NCC(=O)OC(C)(C)C)N1CCN(c2ccccn2)CC1.I. The second-order valence-corrected chi connectivity index (χ2v) is 6.65. The lowest BCUT2D eigenvalue weighted by atomic mass is 10.2. The fourth-order valence-corrected chi connectivity index (χ4v) is 2.55. The molecule has 0 amide bonds. The van der Waals surface area contributed by atoms with Gasteiger partial charge in [-0.05, 0) is 32.9 Å². The van der Waals surface area contributed by atoms with Gasteiger partial charge in [-0.2, -0.15) is 0 Å². The van der Waals surface area contributed by atoms with Crippen molar-refractivity contribution in [2.45, 2.75) is 26.4 Å². The topological polar surface area (TPSA) is 70.1 Å². The maximum Gasteiger partial charge on any atom is 0.325 e. The number of halogens is 1. The number of rotatable bonds is 3. The van der Waals surface area contributed by atoms with Crippen LogP contribution in [0.3, 0.4) is 0 Å². The van der Waals surface area contributed by atoms with Crippen LogP contribution in [0.5, 0.6) is 0 Å². The predicted octanol–water partition coefficient (Wildman–Crippen LogP) is 1.74. The number of aliphatic imine (C=N–C) groups is 1. The van der Waals surface area contributed by atoms with Crippen LogP contribution in [0.4, 0.5) is 5.82 Å². The molecular weight excluding hydrogens is 433 g/mol. The third-order valence-electron chi connectivity index (χ3n) is 3.58. The van der Waals surface area contributed by atoms with Gasteiger partial charge >= 0.3 is 5.97 Å². The van der Waals surface area contributed by atoms with Crippen LogP contribution in [0.25, 0.3) is 0 Å². The van der Waals surface area contributed by atoms with E-state index in [4.69, 9.17) is 4.74 Å². The molecule has 1 N–H and O–H groups in total. The third kappa shape index (κ3) is 7.05. The lowest BCUT2D eigenvalue weighted by molar-refractivity contribution is -0.153. The number of hydrogen-bond acceptors (Lipinski definition) is 5. The molecule has 0 unspecified atom stereocenters. The zero-order valence-corrected chi connectivity index (χ0v) is 17.7. The van der Waals surface area contributed by atoms with Crippen LogP contribution >= 0.6 is 24.0 Å². The van der Waals surface area contributed by atoms with Gasteiger partial charge in [-0.15, -0.1) is 24.0 Å². The number of anilines is 1. The summed E-state index contributed by atoms with van der Waals surface area (Å²) in [5.41, 5.74) is -0.476. The summed E-state index contributed by atoms with van der Waals surface area (Å²) >= 11 is 0. The van der Waals surface area contributed by atoms with Crippen LogP contribution in [-0.2, 0) is 9.53 Å². The largest absolute Gasteiger partial charge is 0.459 e. The second kappa shape index (κ2) is 9.79. The van der Waals surface area contributed by atoms with E-state index in [9.17, 15) is 4.79 Å². The summed E-state index contributed by atoms with van der Waals surface area (Å²) < 4.78 is 5.30. The monoisotopic (exact) mass is 461 g/mol. The van der Waals surface area contributed by atoms with E-state index in [0.717, 1.165) is 38.0 Å². The van der Waals surface area contributed by atoms with Crippen molar-refractivity contribution in [3.05, 3.63) is 24.4 Å². The van der Waals surface area contributed by atoms with Crippen molar-refractivity contribution in [1.82, 2.24) is 15.2 Å². The molecule has 1 saturated heterocycles. The molecule has 25 heavy (non-hydrogen) atoms. The molecule has 1 aromatic heterocycles. The van der Waals surface area contributed by atoms with E-state index in [1.54, 1.807) is 7.05 Å². The highest BCUT2D eigenvalue weighted by Gasteiger charge is 2.22. The standard InChI is InChI=1S/C17H27N5O2.HI/c1-17(2,3)24-15(23)13-20-16(18-4)22-11-9-21(10-12-22)14-7-5-6-8-19-14;/h5-8H,9-13H2,1-4H3,(H,18,20);1H. The molecule has 140 valence electrons. The fourth-order valence-electron chi connectivity index (χ4n) is 2.55. The minimum atomic E-state index is -0.476. The third-order valence-corrected chi connectivity index (χ3v) is 3.58. The van der Waals surface area contributed by atoms with Crippen LogP contribution < -0.4 is 10.2 Å². The Morgan fingerprint density at radius 2 is 1.96 bits per heavy atom. The number of carbonyl (C=O) groups excluding carboxylic acids is 1. The second-order valence-electron chi connectivity index (χ2n) is 6.65. The van der Waals surface area contributed by atoms with Gasteiger partial charge in [0.05, 0.1) is 0 Å². The Balaban J connectivity index is 0.00000312. The number of piperazine rings is 1. The number of pyridine rings is 1. The van der Waals surface area contributed by atoms with Crippen molar-refractivity contribution in [2.24, 2.45) is 4.99 Å². The Morgan fingerprint density at radius 3 is 2.48 bits per heavy atom. The van der Waals surface area contributed by atoms with Gasteiger partial charge in [0, 0.05) is 39.4 Å². The van der Waals surface area contributed by atoms with Crippen LogP contribution in [0.1, 0.15) is 20.8 Å². The van der Waals surface area contributed by atoms with Crippen molar-refractivity contribution >= 4 is 41.7 Å². The molecule has 0 bridgehead atoms. The summed E-state index contributed by atoms with van der Waals surface area (Å²) in [6.45, 7) is 9.07. The quantitative estimate of drug-likeness (QED) is 0.320. The molecule has 0 saturated carbocycles. The van der Waals surface area contributed by atoms with Crippen LogP contribution in [0.15, 0.2) is 29.4 Å². The maximum atomic E-state index is 11.8. The van der Waals surface area contributed by atoms with Crippen molar-refractivity contribution in [3.63, 3.8) is 0 Å². The van der Waals surface area contributed by atoms with Gasteiger partial charge in [0.15, 0.2) is 5.96 Å². The number of aromatic nitrogens is 1. The number of nitrogens with zero attached hydrogens (tertiary/aromatic N) is 4. The Hall–Kier alpha value is -1.58. The van der Waals surface area contributed by atoms with E-state index >= 15 is 0 Å².